The van der Waals surface area contributed by atoms with Gasteiger partial charge in [-0.05, 0) is 58.1 Å². The van der Waals surface area contributed by atoms with Crippen molar-refractivity contribution < 1.29 is 9.18 Å². The quantitative estimate of drug-likeness (QED) is 0.582. The topological polar surface area (TPSA) is 46.9 Å². The minimum Gasteiger partial charge on any atom is -0.348 e. The molecule has 1 aliphatic rings. The van der Waals surface area contributed by atoms with Gasteiger partial charge in [-0.3, -0.25) is 9.48 Å². The molecule has 0 spiro atoms. The lowest BCUT2D eigenvalue weighted by atomic mass is 9.89. The highest BCUT2D eigenvalue weighted by molar-refractivity contribution is 6.04. The predicted molar refractivity (Wildman–Crippen MR) is 103 cm³/mol. The SMILES string of the molecule is Cn1cc2c(-c3cc4c(cc3-c3ccc(F)cc3)C(=O)NC4)cccc2n1. The Morgan fingerprint density at radius 3 is 2.63 bits per heavy atom. The molecule has 1 N–H and O–H groups in total. The van der Waals surface area contributed by atoms with E-state index in [1.807, 2.05) is 31.4 Å². The zero-order valence-corrected chi connectivity index (χ0v) is 14.7. The molecule has 5 heteroatoms. The van der Waals surface area contributed by atoms with E-state index in [-0.39, 0.29) is 11.7 Å². The van der Waals surface area contributed by atoms with Crippen LogP contribution in [0, 0.1) is 5.82 Å². The standard InChI is InChI=1S/C22H16FN3O/c1-26-12-20-16(3-2-4-21(20)25-26)19-9-14-11-24-22(27)18(14)10-17(19)13-5-7-15(23)8-6-13/h2-10,12H,11H2,1H3,(H,24,27). The van der Waals surface area contributed by atoms with E-state index in [0.717, 1.165) is 38.7 Å². The largest absolute Gasteiger partial charge is 0.348 e. The number of carbonyl (C=O) groups is 1. The second-order valence-electron chi connectivity index (χ2n) is 6.79. The van der Waals surface area contributed by atoms with E-state index in [9.17, 15) is 9.18 Å². The number of fused-ring (bicyclic) bond motifs is 2. The highest BCUT2D eigenvalue weighted by Gasteiger charge is 2.23. The lowest BCUT2D eigenvalue weighted by Gasteiger charge is -2.13. The minimum atomic E-state index is -0.284. The van der Waals surface area contributed by atoms with E-state index in [0.29, 0.717) is 12.1 Å². The molecule has 1 amide bonds. The number of aromatic nitrogens is 2. The highest BCUT2D eigenvalue weighted by atomic mass is 19.1. The van der Waals surface area contributed by atoms with Crippen molar-refractivity contribution in [1.82, 2.24) is 15.1 Å². The van der Waals surface area contributed by atoms with Crippen LogP contribution in [-0.4, -0.2) is 15.7 Å². The Kier molecular flexibility index (Phi) is 3.37. The van der Waals surface area contributed by atoms with Crippen LogP contribution in [0.5, 0.6) is 0 Å². The third-order valence-electron chi connectivity index (χ3n) is 5.04. The summed E-state index contributed by atoms with van der Waals surface area (Å²) in [6.45, 7) is 0.522. The molecule has 0 bridgehead atoms. The summed E-state index contributed by atoms with van der Waals surface area (Å²) in [5.74, 6) is -0.354. The molecular formula is C22H16FN3O. The normalized spacial score (nSPS) is 13.0. The maximum Gasteiger partial charge on any atom is 0.251 e. The van der Waals surface area contributed by atoms with Crippen molar-refractivity contribution in [3.8, 4) is 22.3 Å². The number of nitrogens with zero attached hydrogens (tertiary/aromatic N) is 2. The van der Waals surface area contributed by atoms with Crippen molar-refractivity contribution in [3.63, 3.8) is 0 Å². The van der Waals surface area contributed by atoms with E-state index in [1.54, 1.807) is 16.8 Å². The Hall–Kier alpha value is -3.47. The maximum atomic E-state index is 13.4. The number of carbonyl (C=O) groups excluding carboxylic acids is 1. The molecule has 3 aromatic carbocycles. The Bertz CT molecular complexity index is 1210. The summed E-state index contributed by atoms with van der Waals surface area (Å²) in [6, 6.07) is 16.4. The molecular weight excluding hydrogens is 341 g/mol. The van der Waals surface area contributed by atoms with Gasteiger partial charge in [0.25, 0.3) is 5.91 Å². The summed E-state index contributed by atoms with van der Waals surface area (Å²) >= 11 is 0. The highest BCUT2D eigenvalue weighted by Crippen LogP contribution is 2.38. The van der Waals surface area contributed by atoms with Crippen molar-refractivity contribution in [2.75, 3.05) is 0 Å². The van der Waals surface area contributed by atoms with Crippen LogP contribution in [0.4, 0.5) is 4.39 Å². The van der Waals surface area contributed by atoms with Gasteiger partial charge in [-0.25, -0.2) is 4.39 Å². The smallest absolute Gasteiger partial charge is 0.251 e. The predicted octanol–water partition coefficient (Wildman–Crippen LogP) is 4.29. The van der Waals surface area contributed by atoms with Gasteiger partial charge in [0.2, 0.25) is 0 Å². The molecule has 0 unspecified atom stereocenters. The first kappa shape index (κ1) is 15.8. The molecule has 0 saturated heterocycles. The molecule has 0 aliphatic carbocycles. The van der Waals surface area contributed by atoms with E-state index in [4.69, 9.17) is 0 Å². The van der Waals surface area contributed by atoms with Crippen molar-refractivity contribution in [2.24, 2.45) is 7.05 Å². The van der Waals surface area contributed by atoms with Crippen LogP contribution in [0.3, 0.4) is 0 Å². The Labute approximate surface area is 155 Å². The summed E-state index contributed by atoms with van der Waals surface area (Å²) in [4.78, 5) is 12.2. The summed E-state index contributed by atoms with van der Waals surface area (Å²) in [5, 5.41) is 8.42. The first-order valence-corrected chi connectivity index (χ1v) is 8.74. The summed E-state index contributed by atoms with van der Waals surface area (Å²) in [6.07, 6.45) is 2.00. The summed E-state index contributed by atoms with van der Waals surface area (Å²) in [5.41, 5.74) is 6.39. The number of amides is 1. The second kappa shape index (κ2) is 5.77. The molecule has 0 fully saturated rings. The zero-order valence-electron chi connectivity index (χ0n) is 14.7. The number of aryl methyl sites for hydroxylation is 1. The molecule has 1 aromatic heterocycles. The molecule has 1 aliphatic heterocycles. The molecule has 27 heavy (non-hydrogen) atoms. The molecule has 4 nitrogen and oxygen atoms in total. The fraction of sp³-hybridized carbons (Fsp3) is 0.0909. The van der Waals surface area contributed by atoms with Gasteiger partial charge in [0.1, 0.15) is 5.82 Å². The fourth-order valence-corrected chi connectivity index (χ4v) is 3.76. The Morgan fingerprint density at radius 1 is 1.00 bits per heavy atom. The third kappa shape index (κ3) is 2.51. The van der Waals surface area contributed by atoms with Crippen LogP contribution in [0.1, 0.15) is 15.9 Å². The van der Waals surface area contributed by atoms with Gasteiger partial charge in [0.15, 0.2) is 0 Å². The minimum absolute atomic E-state index is 0.0699. The van der Waals surface area contributed by atoms with Gasteiger partial charge in [-0.2, -0.15) is 5.10 Å². The van der Waals surface area contributed by atoms with Gasteiger partial charge < -0.3 is 5.32 Å². The lowest BCUT2D eigenvalue weighted by molar-refractivity contribution is 0.0966. The molecule has 0 saturated carbocycles. The van der Waals surface area contributed by atoms with Crippen LogP contribution >= 0.6 is 0 Å². The number of hydrogen-bond acceptors (Lipinski definition) is 2. The average molecular weight is 357 g/mol. The first-order valence-electron chi connectivity index (χ1n) is 8.74. The van der Waals surface area contributed by atoms with E-state index < -0.39 is 0 Å². The van der Waals surface area contributed by atoms with Crippen molar-refractivity contribution in [1.29, 1.82) is 0 Å². The van der Waals surface area contributed by atoms with Gasteiger partial charge in [0.05, 0.1) is 5.52 Å². The third-order valence-corrected chi connectivity index (χ3v) is 5.04. The van der Waals surface area contributed by atoms with Crippen LogP contribution < -0.4 is 5.32 Å². The average Bonchev–Trinajstić information content (AvgIpc) is 3.23. The molecule has 0 radical (unpaired) electrons. The fourth-order valence-electron chi connectivity index (χ4n) is 3.76. The van der Waals surface area contributed by atoms with Gasteiger partial charge in [-0.1, -0.05) is 24.3 Å². The van der Waals surface area contributed by atoms with Crippen LogP contribution in [0.25, 0.3) is 33.2 Å². The molecule has 0 atom stereocenters. The van der Waals surface area contributed by atoms with Gasteiger partial charge in [-0.15, -0.1) is 0 Å². The Morgan fingerprint density at radius 2 is 1.81 bits per heavy atom. The van der Waals surface area contributed by atoms with Gasteiger partial charge >= 0.3 is 0 Å². The number of rotatable bonds is 2. The molecule has 2 heterocycles. The molecule has 132 valence electrons. The number of hydrogen-bond donors (Lipinski definition) is 1. The monoisotopic (exact) mass is 357 g/mol. The van der Waals surface area contributed by atoms with E-state index in [2.05, 4.69) is 22.5 Å². The molecule has 4 aromatic rings. The lowest BCUT2D eigenvalue weighted by Crippen LogP contribution is -2.12. The Balaban J connectivity index is 1.83. The van der Waals surface area contributed by atoms with Crippen LogP contribution in [0.15, 0.2) is 60.8 Å². The van der Waals surface area contributed by atoms with Crippen LogP contribution in [-0.2, 0) is 13.6 Å². The number of benzene rings is 3. The summed E-state index contributed by atoms with van der Waals surface area (Å²) in [7, 11) is 1.90. The van der Waals surface area contributed by atoms with Crippen LogP contribution in [0.2, 0.25) is 0 Å². The maximum absolute atomic E-state index is 13.4. The number of halogens is 1. The number of nitrogens with one attached hydrogen (secondary N) is 1. The van der Waals surface area contributed by atoms with Crippen molar-refractivity contribution in [3.05, 3.63) is 77.7 Å². The van der Waals surface area contributed by atoms with E-state index in [1.165, 1.54) is 12.1 Å². The van der Waals surface area contributed by atoms with E-state index >= 15 is 0 Å². The first-order chi connectivity index (χ1) is 13.1. The second-order valence-corrected chi connectivity index (χ2v) is 6.79. The van der Waals surface area contributed by atoms with Crippen molar-refractivity contribution in [2.45, 2.75) is 6.54 Å². The summed E-state index contributed by atoms with van der Waals surface area (Å²) < 4.78 is 15.2. The van der Waals surface area contributed by atoms with Gasteiger partial charge in [0, 0.05) is 30.7 Å². The van der Waals surface area contributed by atoms with Crippen molar-refractivity contribution >= 4 is 16.8 Å². The zero-order chi connectivity index (χ0) is 18.5. The molecule has 5 rings (SSSR count).